The molecule has 1 heterocycles. The van der Waals surface area contributed by atoms with Crippen molar-refractivity contribution in [1.82, 2.24) is 10.6 Å². The standard InChI is InChI=1S/C14H17BrN2O2/c15-11-1-2-12(13(18)9-11)14(19)17-8-5-10-3-6-16-7-4-10/h1-3,9,16,18H,4-8H2,(H,17,19). The van der Waals surface area contributed by atoms with Gasteiger partial charge < -0.3 is 15.7 Å². The molecule has 3 N–H and O–H groups in total. The highest BCUT2D eigenvalue weighted by molar-refractivity contribution is 9.10. The summed E-state index contributed by atoms with van der Waals surface area (Å²) in [5, 5.41) is 15.8. The van der Waals surface area contributed by atoms with Crippen molar-refractivity contribution >= 4 is 21.8 Å². The number of carbonyl (C=O) groups is 1. The van der Waals surface area contributed by atoms with E-state index in [1.54, 1.807) is 12.1 Å². The number of carbonyl (C=O) groups excluding carboxylic acids is 1. The predicted octanol–water partition coefficient (Wildman–Crippen LogP) is 2.19. The Morgan fingerprint density at radius 1 is 1.47 bits per heavy atom. The maximum absolute atomic E-state index is 11.9. The molecule has 0 spiro atoms. The Morgan fingerprint density at radius 2 is 2.32 bits per heavy atom. The van der Waals surface area contributed by atoms with Crippen LogP contribution in [0.4, 0.5) is 0 Å². The van der Waals surface area contributed by atoms with Gasteiger partial charge in [0.05, 0.1) is 5.56 Å². The quantitative estimate of drug-likeness (QED) is 0.744. The van der Waals surface area contributed by atoms with Crippen LogP contribution >= 0.6 is 15.9 Å². The minimum Gasteiger partial charge on any atom is -0.507 e. The topological polar surface area (TPSA) is 61.4 Å². The molecule has 0 fully saturated rings. The molecule has 1 aliphatic rings. The zero-order chi connectivity index (χ0) is 13.7. The summed E-state index contributed by atoms with van der Waals surface area (Å²) in [5.74, 6) is -0.243. The molecule has 0 unspecified atom stereocenters. The maximum atomic E-state index is 11.9. The lowest BCUT2D eigenvalue weighted by atomic mass is 10.1. The van der Waals surface area contributed by atoms with Gasteiger partial charge in [0.15, 0.2) is 0 Å². The lowest BCUT2D eigenvalue weighted by molar-refractivity contribution is 0.0951. The van der Waals surface area contributed by atoms with Gasteiger partial charge in [0.2, 0.25) is 0 Å². The molecule has 0 saturated carbocycles. The lowest BCUT2D eigenvalue weighted by Gasteiger charge is -2.14. The van der Waals surface area contributed by atoms with Crippen LogP contribution < -0.4 is 10.6 Å². The average molecular weight is 325 g/mol. The molecule has 2 rings (SSSR count). The van der Waals surface area contributed by atoms with Crippen LogP contribution in [0.1, 0.15) is 23.2 Å². The van der Waals surface area contributed by atoms with E-state index in [1.165, 1.54) is 11.6 Å². The summed E-state index contributed by atoms with van der Waals surface area (Å²) in [6, 6.07) is 4.87. The van der Waals surface area contributed by atoms with Gasteiger partial charge in [-0.2, -0.15) is 0 Å². The summed E-state index contributed by atoms with van der Waals surface area (Å²) < 4.78 is 0.751. The van der Waals surface area contributed by atoms with Crippen molar-refractivity contribution in [3.8, 4) is 5.75 Å². The van der Waals surface area contributed by atoms with Gasteiger partial charge in [-0.25, -0.2) is 0 Å². The largest absolute Gasteiger partial charge is 0.507 e. The third-order valence-corrected chi connectivity index (χ3v) is 3.59. The summed E-state index contributed by atoms with van der Waals surface area (Å²) in [4.78, 5) is 11.9. The predicted molar refractivity (Wildman–Crippen MR) is 78.3 cm³/mol. The van der Waals surface area contributed by atoms with E-state index in [4.69, 9.17) is 0 Å². The summed E-state index contributed by atoms with van der Waals surface area (Å²) in [5.41, 5.74) is 1.68. The van der Waals surface area contributed by atoms with Crippen molar-refractivity contribution in [3.05, 3.63) is 39.9 Å². The molecule has 0 saturated heterocycles. The third-order valence-electron chi connectivity index (χ3n) is 3.09. The van der Waals surface area contributed by atoms with Crippen LogP contribution in [0.25, 0.3) is 0 Å². The molecule has 1 aromatic rings. The van der Waals surface area contributed by atoms with Gasteiger partial charge in [-0.1, -0.05) is 27.6 Å². The van der Waals surface area contributed by atoms with Crippen LogP contribution in [0.3, 0.4) is 0 Å². The molecular weight excluding hydrogens is 308 g/mol. The first-order chi connectivity index (χ1) is 9.16. The number of benzene rings is 1. The zero-order valence-electron chi connectivity index (χ0n) is 10.6. The van der Waals surface area contributed by atoms with Gasteiger partial charge >= 0.3 is 0 Å². The number of aromatic hydroxyl groups is 1. The Labute approximate surface area is 121 Å². The monoisotopic (exact) mass is 324 g/mol. The number of halogens is 1. The highest BCUT2D eigenvalue weighted by Gasteiger charge is 2.11. The number of amides is 1. The average Bonchev–Trinajstić information content (AvgIpc) is 2.39. The minimum atomic E-state index is -0.237. The first-order valence-corrected chi connectivity index (χ1v) is 7.11. The summed E-state index contributed by atoms with van der Waals surface area (Å²) in [6.45, 7) is 2.52. The Hall–Kier alpha value is -1.33. The molecule has 1 aliphatic heterocycles. The van der Waals surface area contributed by atoms with Crippen molar-refractivity contribution in [2.24, 2.45) is 0 Å². The fourth-order valence-corrected chi connectivity index (χ4v) is 2.37. The number of nitrogens with one attached hydrogen (secondary N) is 2. The maximum Gasteiger partial charge on any atom is 0.255 e. The van der Waals surface area contributed by atoms with E-state index in [0.717, 1.165) is 30.4 Å². The number of hydrogen-bond donors (Lipinski definition) is 3. The van der Waals surface area contributed by atoms with Crippen molar-refractivity contribution in [3.63, 3.8) is 0 Å². The van der Waals surface area contributed by atoms with Gasteiger partial charge in [0, 0.05) is 17.6 Å². The summed E-state index contributed by atoms with van der Waals surface area (Å²) in [7, 11) is 0. The fourth-order valence-electron chi connectivity index (χ4n) is 2.03. The molecular formula is C14H17BrN2O2. The smallest absolute Gasteiger partial charge is 0.255 e. The van der Waals surface area contributed by atoms with Gasteiger partial charge in [-0.05, 0) is 37.6 Å². The lowest BCUT2D eigenvalue weighted by Crippen LogP contribution is -2.26. The number of phenolic OH excluding ortho intramolecular Hbond substituents is 1. The molecule has 19 heavy (non-hydrogen) atoms. The SMILES string of the molecule is O=C(NCCC1=CCNCC1)c1ccc(Br)cc1O. The van der Waals surface area contributed by atoms with E-state index in [0.29, 0.717) is 12.1 Å². The number of hydrogen-bond acceptors (Lipinski definition) is 3. The molecule has 0 aromatic heterocycles. The van der Waals surface area contributed by atoms with Crippen LogP contribution in [0.5, 0.6) is 5.75 Å². The van der Waals surface area contributed by atoms with Gasteiger partial charge in [-0.15, -0.1) is 0 Å². The van der Waals surface area contributed by atoms with Crippen molar-refractivity contribution < 1.29 is 9.90 Å². The molecule has 0 radical (unpaired) electrons. The molecule has 102 valence electrons. The summed E-state index contributed by atoms with van der Waals surface area (Å²) >= 11 is 3.25. The minimum absolute atomic E-state index is 0.00652. The normalized spacial score (nSPS) is 14.9. The molecule has 0 bridgehead atoms. The van der Waals surface area contributed by atoms with Crippen molar-refractivity contribution in [2.45, 2.75) is 12.8 Å². The van der Waals surface area contributed by atoms with Crippen LogP contribution in [0.2, 0.25) is 0 Å². The first-order valence-electron chi connectivity index (χ1n) is 6.32. The van der Waals surface area contributed by atoms with Gasteiger partial charge in [0.1, 0.15) is 5.75 Å². The zero-order valence-corrected chi connectivity index (χ0v) is 12.2. The van der Waals surface area contributed by atoms with E-state index in [1.807, 2.05) is 0 Å². The molecule has 1 amide bonds. The second-order valence-corrected chi connectivity index (χ2v) is 5.40. The Balaban J connectivity index is 1.85. The van der Waals surface area contributed by atoms with Crippen LogP contribution in [-0.2, 0) is 0 Å². The van der Waals surface area contributed by atoms with E-state index in [9.17, 15) is 9.90 Å². The second-order valence-electron chi connectivity index (χ2n) is 4.48. The van der Waals surface area contributed by atoms with Gasteiger partial charge in [-0.3, -0.25) is 4.79 Å². The van der Waals surface area contributed by atoms with Crippen molar-refractivity contribution in [1.29, 1.82) is 0 Å². The fraction of sp³-hybridized carbons (Fsp3) is 0.357. The van der Waals surface area contributed by atoms with Crippen LogP contribution in [0, 0.1) is 0 Å². The van der Waals surface area contributed by atoms with Crippen LogP contribution in [-0.4, -0.2) is 30.6 Å². The first kappa shape index (κ1) is 14.1. The van der Waals surface area contributed by atoms with Crippen molar-refractivity contribution in [2.75, 3.05) is 19.6 Å². The summed E-state index contributed by atoms with van der Waals surface area (Å²) in [6.07, 6.45) is 4.08. The van der Waals surface area contributed by atoms with E-state index in [2.05, 4.69) is 32.6 Å². The molecule has 1 aromatic carbocycles. The van der Waals surface area contributed by atoms with Crippen LogP contribution in [0.15, 0.2) is 34.3 Å². The molecule has 0 aliphatic carbocycles. The highest BCUT2D eigenvalue weighted by Crippen LogP contribution is 2.22. The van der Waals surface area contributed by atoms with E-state index in [-0.39, 0.29) is 11.7 Å². The Bertz CT molecular complexity index is 500. The third kappa shape index (κ3) is 4.08. The van der Waals surface area contributed by atoms with E-state index < -0.39 is 0 Å². The Kier molecular flexibility index (Phi) is 4.99. The second kappa shape index (κ2) is 6.73. The molecule has 4 nitrogen and oxygen atoms in total. The number of phenols is 1. The highest BCUT2D eigenvalue weighted by atomic mass is 79.9. The Morgan fingerprint density at radius 3 is 3.00 bits per heavy atom. The van der Waals surface area contributed by atoms with Gasteiger partial charge in [0.25, 0.3) is 5.91 Å². The number of rotatable bonds is 4. The molecule has 0 atom stereocenters. The molecule has 5 heteroatoms. The van der Waals surface area contributed by atoms with E-state index >= 15 is 0 Å².